The Morgan fingerprint density at radius 3 is 2.30 bits per heavy atom. The van der Waals surface area contributed by atoms with Crippen molar-refractivity contribution in [1.82, 2.24) is 9.44 Å². The van der Waals surface area contributed by atoms with Crippen molar-refractivity contribution in [2.24, 2.45) is 0 Å². The number of thiophene rings is 1. The molecule has 10 heteroatoms. The van der Waals surface area contributed by atoms with E-state index in [1.165, 1.54) is 42.6 Å². The molecule has 1 atom stereocenters. The molecule has 0 saturated heterocycles. The highest BCUT2D eigenvalue weighted by molar-refractivity contribution is 7.92. The van der Waals surface area contributed by atoms with Crippen LogP contribution in [-0.2, 0) is 20.0 Å². The van der Waals surface area contributed by atoms with Gasteiger partial charge in [0.05, 0.1) is 4.90 Å². The number of hydrogen-bond donors (Lipinski definition) is 2. The van der Waals surface area contributed by atoms with Gasteiger partial charge in [0, 0.05) is 23.5 Å². The molecule has 0 aliphatic heterocycles. The topological polar surface area (TPSA) is 92.3 Å². The van der Waals surface area contributed by atoms with Crippen molar-refractivity contribution in [1.29, 1.82) is 0 Å². The second kappa shape index (κ2) is 7.29. The monoisotopic (exact) mass is 394 g/mol. The van der Waals surface area contributed by atoms with Gasteiger partial charge in [0.25, 0.3) is 10.2 Å². The first-order chi connectivity index (χ1) is 10.8. The third-order valence-corrected chi connectivity index (χ3v) is 7.68. The molecule has 1 aromatic heterocycles. The summed E-state index contributed by atoms with van der Waals surface area (Å²) in [5.74, 6) is 0. The van der Waals surface area contributed by atoms with Crippen molar-refractivity contribution in [3.8, 4) is 0 Å². The molecule has 0 radical (unpaired) electrons. The maximum Gasteiger partial charge on any atom is 0.276 e. The summed E-state index contributed by atoms with van der Waals surface area (Å²) in [5.41, 5.74) is 0. The molecular formula is C13H15ClN2O4S3. The Morgan fingerprint density at radius 2 is 1.78 bits per heavy atom. The summed E-state index contributed by atoms with van der Waals surface area (Å²) in [7, 11) is -6.26. The van der Waals surface area contributed by atoms with Crippen LogP contribution in [0, 0.1) is 0 Å². The quantitative estimate of drug-likeness (QED) is 0.750. The highest BCUT2D eigenvalue weighted by Crippen LogP contribution is 2.31. The van der Waals surface area contributed by atoms with E-state index in [1.54, 1.807) is 17.5 Å². The highest BCUT2D eigenvalue weighted by Gasteiger charge is 2.31. The van der Waals surface area contributed by atoms with Crippen LogP contribution in [0.15, 0.2) is 46.7 Å². The minimum absolute atomic E-state index is 0.0870. The standard InChI is InChI=1S/C13H15ClN2O4S3/c1-15-23(19,20)16-9-13(12-3-2-8-21-12)22(17,18)11-6-4-10(14)5-7-11/h2-8,13,15-16H,9H2,1H3. The largest absolute Gasteiger partial charge is 0.276 e. The summed E-state index contributed by atoms with van der Waals surface area (Å²) >= 11 is 7.04. The summed E-state index contributed by atoms with van der Waals surface area (Å²) in [4.78, 5) is 0.641. The molecule has 0 amide bonds. The van der Waals surface area contributed by atoms with E-state index in [0.29, 0.717) is 9.90 Å². The maximum atomic E-state index is 12.9. The lowest BCUT2D eigenvalue weighted by Crippen LogP contribution is -2.38. The van der Waals surface area contributed by atoms with Crippen molar-refractivity contribution >= 4 is 43.0 Å². The number of halogens is 1. The summed E-state index contributed by atoms with van der Waals surface area (Å²) in [6, 6.07) is 9.17. The Kier molecular flexibility index (Phi) is 5.82. The van der Waals surface area contributed by atoms with Crippen LogP contribution in [0.2, 0.25) is 5.02 Å². The van der Waals surface area contributed by atoms with Crippen LogP contribution in [0.3, 0.4) is 0 Å². The van der Waals surface area contributed by atoms with Crippen LogP contribution in [0.25, 0.3) is 0 Å². The van der Waals surface area contributed by atoms with Crippen molar-refractivity contribution in [2.75, 3.05) is 13.6 Å². The van der Waals surface area contributed by atoms with Crippen LogP contribution in [0.5, 0.6) is 0 Å². The zero-order chi connectivity index (χ0) is 17.1. The van der Waals surface area contributed by atoms with Crippen LogP contribution in [0.1, 0.15) is 10.1 Å². The zero-order valence-electron chi connectivity index (χ0n) is 12.1. The fraction of sp³-hybridized carbons (Fsp3) is 0.231. The van der Waals surface area contributed by atoms with Gasteiger partial charge in [-0.25, -0.2) is 17.9 Å². The zero-order valence-corrected chi connectivity index (χ0v) is 15.3. The molecule has 23 heavy (non-hydrogen) atoms. The molecule has 0 saturated carbocycles. The van der Waals surface area contributed by atoms with E-state index in [-0.39, 0.29) is 11.4 Å². The molecule has 6 nitrogen and oxygen atoms in total. The molecule has 0 spiro atoms. The lowest BCUT2D eigenvalue weighted by atomic mass is 10.3. The van der Waals surface area contributed by atoms with Crippen LogP contribution >= 0.6 is 22.9 Å². The summed E-state index contributed by atoms with van der Waals surface area (Å²) < 4.78 is 53.2. The van der Waals surface area contributed by atoms with Gasteiger partial charge in [-0.1, -0.05) is 17.7 Å². The third-order valence-electron chi connectivity index (χ3n) is 3.10. The highest BCUT2D eigenvalue weighted by atomic mass is 35.5. The Balaban J connectivity index is 2.39. The molecule has 0 aliphatic carbocycles. The molecule has 1 aromatic carbocycles. The molecule has 0 bridgehead atoms. The summed E-state index contributed by atoms with van der Waals surface area (Å²) in [5, 5.41) is 1.14. The average Bonchev–Trinajstić information content (AvgIpc) is 3.01. The van der Waals surface area contributed by atoms with Gasteiger partial charge in [0.2, 0.25) is 0 Å². The molecular weight excluding hydrogens is 380 g/mol. The Hall–Kier alpha value is -0.970. The number of hydrogen-bond acceptors (Lipinski definition) is 5. The van der Waals surface area contributed by atoms with Crippen LogP contribution in [0.4, 0.5) is 0 Å². The second-order valence-electron chi connectivity index (χ2n) is 4.56. The van der Waals surface area contributed by atoms with Crippen LogP contribution < -0.4 is 9.44 Å². The first kappa shape index (κ1) is 18.4. The van der Waals surface area contributed by atoms with Gasteiger partial charge in [0.1, 0.15) is 5.25 Å². The predicted octanol–water partition coefficient (Wildman–Crippen LogP) is 1.97. The number of benzene rings is 1. The maximum absolute atomic E-state index is 12.9. The molecule has 2 rings (SSSR count). The van der Waals surface area contributed by atoms with Crippen molar-refractivity contribution < 1.29 is 16.8 Å². The third kappa shape index (κ3) is 4.52. The summed E-state index contributed by atoms with van der Waals surface area (Å²) in [6.45, 7) is -0.269. The van der Waals surface area contributed by atoms with Gasteiger partial charge < -0.3 is 0 Å². The Morgan fingerprint density at radius 1 is 1.13 bits per heavy atom. The molecule has 0 fully saturated rings. The lowest BCUT2D eigenvalue weighted by molar-refractivity contribution is 0.564. The first-order valence-electron chi connectivity index (χ1n) is 6.47. The van der Waals surface area contributed by atoms with E-state index in [4.69, 9.17) is 11.6 Å². The molecule has 1 unspecified atom stereocenters. The van der Waals surface area contributed by atoms with Gasteiger partial charge in [-0.05, 0) is 35.7 Å². The minimum Gasteiger partial charge on any atom is -0.223 e. The van der Waals surface area contributed by atoms with E-state index in [0.717, 1.165) is 0 Å². The van der Waals surface area contributed by atoms with Crippen LogP contribution in [-0.4, -0.2) is 30.4 Å². The van der Waals surface area contributed by atoms with Gasteiger partial charge >= 0.3 is 0 Å². The predicted molar refractivity (Wildman–Crippen MR) is 91.7 cm³/mol. The van der Waals surface area contributed by atoms with Gasteiger partial charge in [-0.3, -0.25) is 0 Å². The average molecular weight is 395 g/mol. The second-order valence-corrected chi connectivity index (χ2v) is 9.81. The molecule has 2 aromatic rings. The van der Waals surface area contributed by atoms with Gasteiger partial charge in [-0.2, -0.15) is 8.42 Å². The fourth-order valence-corrected chi connectivity index (χ4v) is 5.43. The molecule has 1 heterocycles. The summed E-state index contributed by atoms with van der Waals surface area (Å²) in [6.07, 6.45) is 0. The van der Waals surface area contributed by atoms with E-state index in [9.17, 15) is 16.8 Å². The number of nitrogens with one attached hydrogen (secondary N) is 2. The fourth-order valence-electron chi connectivity index (χ4n) is 1.88. The molecule has 126 valence electrons. The Labute approximate surface area is 144 Å². The first-order valence-corrected chi connectivity index (χ1v) is 10.8. The van der Waals surface area contributed by atoms with E-state index in [1.807, 2.05) is 0 Å². The number of rotatable bonds is 7. The van der Waals surface area contributed by atoms with Gasteiger partial charge in [-0.15, -0.1) is 11.3 Å². The van der Waals surface area contributed by atoms with Crippen molar-refractivity contribution in [3.05, 3.63) is 51.7 Å². The van der Waals surface area contributed by atoms with E-state index < -0.39 is 25.3 Å². The Bertz CT molecular complexity index is 847. The molecule has 2 N–H and O–H groups in total. The smallest absolute Gasteiger partial charge is 0.223 e. The normalized spacial score (nSPS) is 13.8. The lowest BCUT2D eigenvalue weighted by Gasteiger charge is -2.17. The SMILES string of the molecule is CNS(=O)(=O)NCC(c1cccs1)S(=O)(=O)c1ccc(Cl)cc1. The van der Waals surface area contributed by atoms with Crippen molar-refractivity contribution in [2.45, 2.75) is 10.1 Å². The number of sulfone groups is 1. The van der Waals surface area contributed by atoms with Crippen molar-refractivity contribution in [3.63, 3.8) is 0 Å². The molecule has 0 aliphatic rings. The van der Waals surface area contributed by atoms with E-state index >= 15 is 0 Å². The van der Waals surface area contributed by atoms with E-state index in [2.05, 4.69) is 9.44 Å². The minimum atomic E-state index is -3.77. The van der Waals surface area contributed by atoms with Gasteiger partial charge in [0.15, 0.2) is 9.84 Å².